The lowest BCUT2D eigenvalue weighted by Crippen LogP contribution is -2.41. The van der Waals surface area contributed by atoms with E-state index in [0.29, 0.717) is 24.5 Å². The second-order valence-corrected chi connectivity index (χ2v) is 5.07. The highest BCUT2D eigenvalue weighted by Crippen LogP contribution is 2.17. The third-order valence-electron chi connectivity index (χ3n) is 3.43. The number of benzene rings is 1. The Morgan fingerprint density at radius 2 is 2.10 bits per heavy atom. The molecule has 0 spiro atoms. The van der Waals surface area contributed by atoms with Crippen LogP contribution in [0.5, 0.6) is 0 Å². The fraction of sp³-hybridized carbons (Fsp3) is 0.467. The molecule has 1 heterocycles. The van der Waals surface area contributed by atoms with Crippen LogP contribution in [0.1, 0.15) is 28.8 Å². The number of nitrogens with one attached hydrogen (secondary N) is 1. The van der Waals surface area contributed by atoms with Crippen LogP contribution in [-0.4, -0.2) is 37.7 Å². The molecule has 0 bridgehead atoms. The molecule has 0 radical (unpaired) electrons. The maximum atomic E-state index is 12.0. The molecule has 1 amide bonds. The first-order chi connectivity index (χ1) is 10.1. The number of anilines is 1. The zero-order chi connectivity index (χ0) is 15.2. The van der Waals surface area contributed by atoms with Crippen LogP contribution in [0.4, 0.5) is 5.69 Å². The normalized spacial score (nSPS) is 15.5. The van der Waals surface area contributed by atoms with Crippen molar-refractivity contribution in [3.63, 3.8) is 0 Å². The predicted octanol–water partition coefficient (Wildman–Crippen LogP) is 1.03. The van der Waals surface area contributed by atoms with Gasteiger partial charge in [-0.3, -0.25) is 4.79 Å². The maximum absolute atomic E-state index is 12.0. The number of carbonyl (C=O) groups is 2. The van der Waals surface area contributed by atoms with Crippen molar-refractivity contribution in [3.8, 4) is 0 Å². The summed E-state index contributed by atoms with van der Waals surface area (Å²) in [5, 5.41) is 2.83. The van der Waals surface area contributed by atoms with E-state index in [4.69, 9.17) is 15.2 Å². The van der Waals surface area contributed by atoms with E-state index >= 15 is 0 Å². The van der Waals surface area contributed by atoms with Gasteiger partial charge in [0.25, 0.3) is 5.91 Å². The van der Waals surface area contributed by atoms with E-state index in [9.17, 15) is 9.59 Å². The summed E-state index contributed by atoms with van der Waals surface area (Å²) in [5.41, 5.74) is 7.16. The van der Waals surface area contributed by atoms with Crippen molar-refractivity contribution >= 4 is 17.6 Å². The summed E-state index contributed by atoms with van der Waals surface area (Å²) in [6, 6.07) is 5.26. The highest BCUT2D eigenvalue weighted by Gasteiger charge is 2.18. The Bertz CT molecular complexity index is 504. The highest BCUT2D eigenvalue weighted by molar-refractivity contribution is 5.97. The lowest BCUT2D eigenvalue weighted by molar-refractivity contribution is -0.125. The van der Waals surface area contributed by atoms with Crippen LogP contribution in [0.3, 0.4) is 0 Å². The molecule has 3 N–H and O–H groups in total. The van der Waals surface area contributed by atoms with Gasteiger partial charge in [-0.2, -0.15) is 0 Å². The second kappa shape index (κ2) is 7.08. The third-order valence-corrected chi connectivity index (χ3v) is 3.43. The molecule has 0 atom stereocenters. The third kappa shape index (κ3) is 4.19. The SMILES string of the molecule is Cc1cccc(N)c1C(=O)OCC(=O)NC1CCOCC1. The van der Waals surface area contributed by atoms with Crippen LogP contribution in [0.15, 0.2) is 18.2 Å². The number of carbonyl (C=O) groups excluding carboxylic acids is 2. The minimum Gasteiger partial charge on any atom is -0.452 e. The van der Waals surface area contributed by atoms with Gasteiger partial charge in [0.15, 0.2) is 6.61 Å². The Kier molecular flexibility index (Phi) is 5.16. The van der Waals surface area contributed by atoms with E-state index in [1.165, 1.54) is 0 Å². The summed E-state index contributed by atoms with van der Waals surface area (Å²) < 4.78 is 10.2. The van der Waals surface area contributed by atoms with Gasteiger partial charge < -0.3 is 20.5 Å². The minimum atomic E-state index is -0.576. The first-order valence-electron chi connectivity index (χ1n) is 6.97. The van der Waals surface area contributed by atoms with Crippen LogP contribution >= 0.6 is 0 Å². The summed E-state index contributed by atoms with van der Waals surface area (Å²) in [6.07, 6.45) is 1.56. The van der Waals surface area contributed by atoms with Gasteiger partial charge in [0.1, 0.15) is 0 Å². The van der Waals surface area contributed by atoms with Gasteiger partial charge in [-0.15, -0.1) is 0 Å². The topological polar surface area (TPSA) is 90.7 Å². The van der Waals surface area contributed by atoms with Gasteiger partial charge in [0.05, 0.1) is 5.56 Å². The van der Waals surface area contributed by atoms with E-state index in [2.05, 4.69) is 5.32 Å². The Hall–Kier alpha value is -2.08. The number of amides is 1. The summed E-state index contributed by atoms with van der Waals surface area (Å²) in [7, 11) is 0. The molecule has 0 aliphatic carbocycles. The molecule has 0 aromatic heterocycles. The van der Waals surface area contributed by atoms with E-state index in [-0.39, 0.29) is 18.6 Å². The largest absolute Gasteiger partial charge is 0.452 e. The molecular formula is C15H20N2O4. The Morgan fingerprint density at radius 3 is 2.76 bits per heavy atom. The molecule has 1 aliphatic heterocycles. The lowest BCUT2D eigenvalue weighted by atomic mass is 10.1. The number of esters is 1. The lowest BCUT2D eigenvalue weighted by Gasteiger charge is -2.23. The van der Waals surface area contributed by atoms with Crippen molar-refractivity contribution in [2.75, 3.05) is 25.6 Å². The summed E-state index contributed by atoms with van der Waals surface area (Å²) >= 11 is 0. The molecule has 1 aromatic rings. The quantitative estimate of drug-likeness (QED) is 0.639. The van der Waals surface area contributed by atoms with Crippen LogP contribution in [0, 0.1) is 6.92 Å². The number of nitrogens with two attached hydrogens (primary N) is 1. The van der Waals surface area contributed by atoms with E-state index < -0.39 is 5.97 Å². The van der Waals surface area contributed by atoms with Crippen molar-refractivity contribution in [1.82, 2.24) is 5.32 Å². The number of hydrogen-bond donors (Lipinski definition) is 2. The van der Waals surface area contributed by atoms with E-state index in [0.717, 1.165) is 18.4 Å². The molecule has 6 heteroatoms. The van der Waals surface area contributed by atoms with Gasteiger partial charge in [-0.1, -0.05) is 12.1 Å². The molecule has 1 saturated heterocycles. The smallest absolute Gasteiger partial charge is 0.341 e. The van der Waals surface area contributed by atoms with E-state index in [1.807, 2.05) is 0 Å². The Morgan fingerprint density at radius 1 is 1.38 bits per heavy atom. The standard InChI is InChI=1S/C15H20N2O4/c1-10-3-2-4-12(16)14(10)15(19)21-9-13(18)17-11-5-7-20-8-6-11/h2-4,11H,5-9,16H2,1H3,(H,17,18). The number of rotatable bonds is 4. The van der Waals surface area contributed by atoms with Gasteiger partial charge in [-0.25, -0.2) is 4.79 Å². The average Bonchev–Trinajstić information content (AvgIpc) is 2.46. The Labute approximate surface area is 123 Å². The fourth-order valence-electron chi connectivity index (χ4n) is 2.28. The molecule has 2 rings (SSSR count). The minimum absolute atomic E-state index is 0.0912. The Balaban J connectivity index is 1.84. The molecule has 0 unspecified atom stereocenters. The van der Waals surface area contributed by atoms with Crippen molar-refractivity contribution in [2.24, 2.45) is 0 Å². The van der Waals surface area contributed by atoms with Crippen LogP contribution in [0.2, 0.25) is 0 Å². The molecule has 1 aromatic carbocycles. The van der Waals surface area contributed by atoms with Gasteiger partial charge >= 0.3 is 5.97 Å². The van der Waals surface area contributed by atoms with Gasteiger partial charge in [0, 0.05) is 24.9 Å². The fourth-order valence-corrected chi connectivity index (χ4v) is 2.28. The maximum Gasteiger partial charge on any atom is 0.341 e. The monoisotopic (exact) mass is 292 g/mol. The highest BCUT2D eigenvalue weighted by atomic mass is 16.5. The summed E-state index contributed by atoms with van der Waals surface area (Å²) in [4.78, 5) is 23.7. The first kappa shape index (κ1) is 15.3. The van der Waals surface area contributed by atoms with Crippen molar-refractivity contribution < 1.29 is 19.1 Å². The van der Waals surface area contributed by atoms with Crippen LogP contribution in [0.25, 0.3) is 0 Å². The number of nitrogen functional groups attached to an aromatic ring is 1. The molecule has 1 aliphatic rings. The molecule has 0 saturated carbocycles. The van der Waals surface area contributed by atoms with Crippen molar-refractivity contribution in [2.45, 2.75) is 25.8 Å². The zero-order valence-electron chi connectivity index (χ0n) is 12.1. The average molecular weight is 292 g/mol. The van der Waals surface area contributed by atoms with E-state index in [1.54, 1.807) is 25.1 Å². The summed E-state index contributed by atoms with van der Waals surface area (Å²) in [6.45, 7) is 2.76. The molecule has 21 heavy (non-hydrogen) atoms. The second-order valence-electron chi connectivity index (χ2n) is 5.07. The van der Waals surface area contributed by atoms with Crippen molar-refractivity contribution in [3.05, 3.63) is 29.3 Å². The zero-order valence-corrected chi connectivity index (χ0v) is 12.1. The van der Waals surface area contributed by atoms with Gasteiger partial charge in [-0.05, 0) is 31.4 Å². The molecular weight excluding hydrogens is 272 g/mol. The molecule has 6 nitrogen and oxygen atoms in total. The summed E-state index contributed by atoms with van der Waals surface area (Å²) in [5.74, 6) is -0.880. The molecule has 114 valence electrons. The van der Waals surface area contributed by atoms with Crippen LogP contribution in [-0.2, 0) is 14.3 Å². The van der Waals surface area contributed by atoms with Gasteiger partial charge in [0.2, 0.25) is 0 Å². The number of ether oxygens (including phenoxy) is 2. The van der Waals surface area contributed by atoms with Crippen LogP contribution < -0.4 is 11.1 Å². The molecule has 1 fully saturated rings. The predicted molar refractivity (Wildman–Crippen MR) is 77.9 cm³/mol. The number of hydrogen-bond acceptors (Lipinski definition) is 5. The van der Waals surface area contributed by atoms with Crippen molar-refractivity contribution in [1.29, 1.82) is 0 Å². The number of aryl methyl sites for hydroxylation is 1. The first-order valence-corrected chi connectivity index (χ1v) is 6.97.